The van der Waals surface area contributed by atoms with E-state index in [0.29, 0.717) is 22.0 Å². The van der Waals surface area contributed by atoms with E-state index in [-0.39, 0.29) is 0 Å². The maximum atomic E-state index is 8.89. The van der Waals surface area contributed by atoms with Crippen LogP contribution in [0.15, 0.2) is 36.5 Å². The third-order valence-electron chi connectivity index (χ3n) is 2.20. The summed E-state index contributed by atoms with van der Waals surface area (Å²) >= 11 is 6.05. The average molecular weight is 228 g/mol. The molecule has 0 aliphatic rings. The van der Waals surface area contributed by atoms with Crippen LogP contribution in [-0.2, 0) is 0 Å². The van der Waals surface area contributed by atoms with E-state index in [1.807, 2.05) is 6.07 Å². The monoisotopic (exact) mass is 227 g/mol. The zero-order chi connectivity index (χ0) is 11.5. The molecular formula is C12H6ClN3. The molecule has 0 atom stereocenters. The quantitative estimate of drug-likeness (QED) is 0.752. The van der Waals surface area contributed by atoms with Crippen molar-refractivity contribution in [3.05, 3.63) is 52.8 Å². The Balaban J connectivity index is 2.59. The van der Waals surface area contributed by atoms with Gasteiger partial charge >= 0.3 is 0 Å². The van der Waals surface area contributed by atoms with Crippen LogP contribution < -0.4 is 0 Å². The van der Waals surface area contributed by atoms with E-state index in [0.717, 1.165) is 0 Å². The molecule has 0 spiro atoms. The fraction of sp³-hybridized carbons (Fsp3) is 0. The highest BCUT2D eigenvalue weighted by Gasteiger charge is 2.07. The Hall–Kier alpha value is -2.23. The van der Waals surface area contributed by atoms with Crippen molar-refractivity contribution in [3.8, 4) is 17.8 Å². The molecule has 0 unspecified atom stereocenters. The lowest BCUT2D eigenvalue weighted by molar-refractivity contribution is 1.05. The van der Waals surface area contributed by atoms with E-state index in [4.69, 9.17) is 22.1 Å². The van der Waals surface area contributed by atoms with Crippen LogP contribution >= 0.6 is 11.6 Å². The molecule has 0 N–H and O–H groups in total. The number of halogens is 1. The molecule has 1 aromatic carbocycles. The number of rotatable bonds is 1. The minimum atomic E-state index is 0.451. The normalized spacial score (nSPS) is 9.44. The maximum absolute atomic E-state index is 8.89. The minimum absolute atomic E-state index is 0.451. The molecule has 0 aliphatic heterocycles. The lowest BCUT2D eigenvalue weighted by atomic mass is 10.2. The van der Waals surface area contributed by atoms with Gasteiger partial charge in [-0.1, -0.05) is 11.6 Å². The Kier molecular flexibility index (Phi) is 2.64. The smallest absolute Gasteiger partial charge is 0.124 e. The summed E-state index contributed by atoms with van der Waals surface area (Å²) < 4.78 is 1.68. The largest absolute Gasteiger partial charge is 0.307 e. The van der Waals surface area contributed by atoms with Crippen LogP contribution in [-0.4, -0.2) is 4.57 Å². The van der Waals surface area contributed by atoms with Gasteiger partial charge in [0.2, 0.25) is 0 Å². The Morgan fingerprint density at radius 3 is 2.56 bits per heavy atom. The van der Waals surface area contributed by atoms with Gasteiger partial charge in [0, 0.05) is 6.20 Å². The van der Waals surface area contributed by atoms with Crippen LogP contribution in [0.4, 0.5) is 0 Å². The summed E-state index contributed by atoms with van der Waals surface area (Å²) in [5.74, 6) is 0. The highest BCUT2D eigenvalue weighted by Crippen LogP contribution is 2.23. The fourth-order valence-electron chi connectivity index (χ4n) is 1.45. The van der Waals surface area contributed by atoms with Crippen LogP contribution in [0.2, 0.25) is 5.02 Å². The predicted molar refractivity (Wildman–Crippen MR) is 60.2 cm³/mol. The number of hydrogen-bond donors (Lipinski definition) is 0. The predicted octanol–water partition coefficient (Wildman–Crippen LogP) is 2.87. The number of benzene rings is 1. The Morgan fingerprint density at radius 1 is 1.12 bits per heavy atom. The topological polar surface area (TPSA) is 52.5 Å². The van der Waals surface area contributed by atoms with Crippen molar-refractivity contribution < 1.29 is 0 Å². The van der Waals surface area contributed by atoms with Crippen LogP contribution in [0.1, 0.15) is 11.3 Å². The first-order valence-corrected chi connectivity index (χ1v) is 4.91. The van der Waals surface area contributed by atoms with Gasteiger partial charge in [-0.3, -0.25) is 0 Å². The molecule has 1 heterocycles. The van der Waals surface area contributed by atoms with Crippen molar-refractivity contribution in [3.63, 3.8) is 0 Å². The van der Waals surface area contributed by atoms with Crippen molar-refractivity contribution in [2.75, 3.05) is 0 Å². The first kappa shape index (κ1) is 10.3. The highest BCUT2D eigenvalue weighted by atomic mass is 35.5. The zero-order valence-electron chi connectivity index (χ0n) is 8.18. The molecule has 2 aromatic rings. The van der Waals surface area contributed by atoms with Crippen LogP contribution in [0.3, 0.4) is 0 Å². The molecule has 16 heavy (non-hydrogen) atoms. The van der Waals surface area contributed by atoms with Crippen LogP contribution in [0.25, 0.3) is 5.69 Å². The molecule has 0 aliphatic carbocycles. The second-order valence-electron chi connectivity index (χ2n) is 3.15. The van der Waals surface area contributed by atoms with Gasteiger partial charge in [-0.05, 0) is 30.3 Å². The van der Waals surface area contributed by atoms with E-state index in [2.05, 4.69) is 6.07 Å². The van der Waals surface area contributed by atoms with E-state index in [1.165, 1.54) is 0 Å². The SMILES string of the molecule is N#Cc1ccc(-n2cccc2C#N)c(Cl)c1. The van der Waals surface area contributed by atoms with Crippen molar-refractivity contribution in [1.29, 1.82) is 10.5 Å². The Morgan fingerprint density at radius 2 is 1.94 bits per heavy atom. The zero-order valence-corrected chi connectivity index (χ0v) is 8.94. The summed E-state index contributed by atoms with van der Waals surface area (Å²) in [5, 5.41) is 18.1. The van der Waals surface area contributed by atoms with Crippen molar-refractivity contribution in [2.45, 2.75) is 0 Å². The van der Waals surface area contributed by atoms with Gasteiger partial charge in [-0.15, -0.1) is 0 Å². The molecule has 1 aromatic heterocycles. The van der Waals surface area contributed by atoms with Gasteiger partial charge in [-0.2, -0.15) is 10.5 Å². The molecule has 76 valence electrons. The van der Waals surface area contributed by atoms with E-state index in [1.54, 1.807) is 41.1 Å². The van der Waals surface area contributed by atoms with E-state index in [9.17, 15) is 0 Å². The minimum Gasteiger partial charge on any atom is -0.307 e. The van der Waals surface area contributed by atoms with Crippen molar-refractivity contribution >= 4 is 11.6 Å². The van der Waals surface area contributed by atoms with Gasteiger partial charge in [0.05, 0.1) is 22.3 Å². The molecule has 0 radical (unpaired) electrons. The van der Waals surface area contributed by atoms with Gasteiger partial charge in [0.15, 0.2) is 0 Å². The maximum Gasteiger partial charge on any atom is 0.124 e. The summed E-state index contributed by atoms with van der Waals surface area (Å²) in [6.07, 6.45) is 1.76. The number of hydrogen-bond acceptors (Lipinski definition) is 2. The van der Waals surface area contributed by atoms with Crippen LogP contribution in [0.5, 0.6) is 0 Å². The highest BCUT2D eigenvalue weighted by molar-refractivity contribution is 6.32. The molecule has 0 fully saturated rings. The third kappa shape index (κ3) is 1.65. The summed E-state index contributed by atoms with van der Waals surface area (Å²) in [6, 6.07) is 12.5. The van der Waals surface area contributed by atoms with Gasteiger partial charge < -0.3 is 4.57 Å². The first-order chi connectivity index (χ1) is 7.76. The third-order valence-corrected chi connectivity index (χ3v) is 2.50. The molecule has 0 bridgehead atoms. The lowest BCUT2D eigenvalue weighted by Crippen LogP contribution is -1.96. The Labute approximate surface area is 97.7 Å². The molecule has 2 rings (SSSR count). The van der Waals surface area contributed by atoms with Gasteiger partial charge in [0.25, 0.3) is 0 Å². The summed E-state index contributed by atoms with van der Waals surface area (Å²) in [7, 11) is 0. The molecule has 0 saturated heterocycles. The molecule has 4 heteroatoms. The standard InChI is InChI=1S/C12H6ClN3/c13-11-6-9(7-14)3-4-12(11)16-5-1-2-10(16)8-15/h1-6H. The fourth-order valence-corrected chi connectivity index (χ4v) is 1.73. The first-order valence-electron chi connectivity index (χ1n) is 4.53. The van der Waals surface area contributed by atoms with Gasteiger partial charge in [0.1, 0.15) is 11.8 Å². The van der Waals surface area contributed by atoms with E-state index < -0.39 is 0 Å². The summed E-state index contributed by atoms with van der Waals surface area (Å²) in [5.41, 5.74) is 1.70. The summed E-state index contributed by atoms with van der Waals surface area (Å²) in [4.78, 5) is 0. The van der Waals surface area contributed by atoms with Crippen molar-refractivity contribution in [2.24, 2.45) is 0 Å². The van der Waals surface area contributed by atoms with E-state index >= 15 is 0 Å². The summed E-state index contributed by atoms with van der Waals surface area (Å²) in [6.45, 7) is 0. The number of nitrogens with zero attached hydrogens (tertiary/aromatic N) is 3. The van der Waals surface area contributed by atoms with Crippen LogP contribution in [0, 0.1) is 22.7 Å². The molecule has 0 amide bonds. The number of nitriles is 2. The molecule has 3 nitrogen and oxygen atoms in total. The second kappa shape index (κ2) is 4.10. The molecule has 0 saturated carbocycles. The van der Waals surface area contributed by atoms with Crippen molar-refractivity contribution in [1.82, 2.24) is 4.57 Å². The Bertz CT molecular complexity index is 614. The lowest BCUT2D eigenvalue weighted by Gasteiger charge is -2.06. The second-order valence-corrected chi connectivity index (χ2v) is 3.56. The number of aromatic nitrogens is 1. The molecular weight excluding hydrogens is 222 g/mol. The van der Waals surface area contributed by atoms with Gasteiger partial charge in [-0.25, -0.2) is 0 Å². The average Bonchev–Trinajstić information content (AvgIpc) is 2.76.